The maximum atomic E-state index is 4.41. The summed E-state index contributed by atoms with van der Waals surface area (Å²) in [5, 5.41) is 10.1. The monoisotopic (exact) mass is 760 g/mol. The molecule has 2 fully saturated rings. The molecule has 54 heavy (non-hydrogen) atoms. The number of hydrogen-bond acceptors (Lipinski definition) is 8. The number of anilines is 1. The van der Waals surface area contributed by atoms with Crippen molar-refractivity contribution in [3.8, 4) is 0 Å². The van der Waals surface area contributed by atoms with Gasteiger partial charge in [-0.15, -0.1) is 25.3 Å². The fourth-order valence-electron chi connectivity index (χ4n) is 7.61. The average Bonchev–Trinajstić information content (AvgIpc) is 3.23. The van der Waals surface area contributed by atoms with Crippen LogP contribution in [0, 0.1) is 0 Å². The van der Waals surface area contributed by atoms with Crippen LogP contribution in [0.2, 0.25) is 0 Å². The predicted octanol–water partition coefficient (Wildman–Crippen LogP) is 7.64. The molecule has 0 saturated carbocycles. The first-order valence-corrected chi connectivity index (χ1v) is 20.9. The first-order valence-electron chi connectivity index (χ1n) is 20.0. The van der Waals surface area contributed by atoms with Crippen LogP contribution in [0.4, 0.5) is 5.69 Å². The summed E-state index contributed by atoms with van der Waals surface area (Å²) in [5.41, 5.74) is 10.3. The summed E-state index contributed by atoms with van der Waals surface area (Å²) in [6, 6.07) is 36.2. The van der Waals surface area contributed by atoms with Crippen LogP contribution < -0.4 is 20.9 Å². The van der Waals surface area contributed by atoms with Crippen molar-refractivity contribution in [1.82, 2.24) is 25.8 Å². The molecule has 0 amide bonds. The van der Waals surface area contributed by atoms with Crippen molar-refractivity contribution in [3.63, 3.8) is 0 Å². The van der Waals surface area contributed by atoms with Crippen LogP contribution >= 0.6 is 25.3 Å². The third kappa shape index (κ3) is 13.4. The van der Waals surface area contributed by atoms with Crippen molar-refractivity contribution in [3.05, 3.63) is 149 Å². The van der Waals surface area contributed by atoms with Gasteiger partial charge in [-0.05, 0) is 103 Å². The van der Waals surface area contributed by atoms with Gasteiger partial charge in [-0.3, -0.25) is 9.80 Å². The van der Waals surface area contributed by atoms with Gasteiger partial charge >= 0.3 is 0 Å². The molecular weight excluding hydrogens is 701 g/mol. The summed E-state index contributed by atoms with van der Waals surface area (Å²) in [6.45, 7) is 15.5. The Hall–Kier alpha value is -3.34. The SMILES string of the molecule is C1=CC2=C(CC1)CCNC2.Sc1cccc(CN2CCN(c3ccccc3)CC2)c1.Sc1cccc(CN2CCNCC2)c1.c1ccc2c(c1)CCNC2. The molecule has 6 nitrogen and oxygen atoms in total. The van der Waals surface area contributed by atoms with E-state index in [9.17, 15) is 0 Å². The molecule has 0 bridgehead atoms. The summed E-state index contributed by atoms with van der Waals surface area (Å²) in [7, 11) is 0. The molecule has 8 heteroatoms. The molecule has 2 saturated heterocycles. The second-order valence-corrected chi connectivity index (χ2v) is 15.7. The van der Waals surface area contributed by atoms with Gasteiger partial charge in [-0.1, -0.05) is 84.5 Å². The summed E-state index contributed by atoms with van der Waals surface area (Å²) >= 11 is 8.75. The Morgan fingerprint density at radius 3 is 1.78 bits per heavy atom. The zero-order valence-corrected chi connectivity index (χ0v) is 33.7. The van der Waals surface area contributed by atoms with E-state index in [1.54, 1.807) is 11.1 Å². The number of para-hydroxylation sites is 1. The van der Waals surface area contributed by atoms with Crippen molar-refractivity contribution in [2.24, 2.45) is 0 Å². The first-order chi connectivity index (χ1) is 26.6. The van der Waals surface area contributed by atoms with Gasteiger partial charge in [0, 0.05) is 94.0 Å². The smallest absolute Gasteiger partial charge is 0.0367 e. The predicted molar refractivity (Wildman–Crippen MR) is 234 cm³/mol. The van der Waals surface area contributed by atoms with E-state index in [0.29, 0.717) is 0 Å². The average molecular weight is 761 g/mol. The molecule has 3 N–H and O–H groups in total. The van der Waals surface area contributed by atoms with E-state index in [4.69, 9.17) is 0 Å². The number of piperazine rings is 2. The van der Waals surface area contributed by atoms with Crippen molar-refractivity contribution in [1.29, 1.82) is 0 Å². The zero-order valence-electron chi connectivity index (χ0n) is 31.9. The molecule has 286 valence electrons. The van der Waals surface area contributed by atoms with E-state index in [0.717, 1.165) is 94.9 Å². The van der Waals surface area contributed by atoms with Gasteiger partial charge < -0.3 is 20.9 Å². The molecule has 4 aromatic rings. The maximum Gasteiger partial charge on any atom is 0.0367 e. The second-order valence-electron chi connectivity index (χ2n) is 14.7. The number of hydrogen-bond donors (Lipinski definition) is 5. The van der Waals surface area contributed by atoms with Crippen LogP contribution in [0.1, 0.15) is 41.5 Å². The molecule has 9 rings (SSSR count). The van der Waals surface area contributed by atoms with E-state index in [1.807, 2.05) is 12.1 Å². The van der Waals surface area contributed by atoms with Gasteiger partial charge in [-0.25, -0.2) is 0 Å². The lowest BCUT2D eigenvalue weighted by Crippen LogP contribution is -2.45. The summed E-state index contributed by atoms with van der Waals surface area (Å²) in [5.74, 6) is 0. The lowest BCUT2D eigenvalue weighted by molar-refractivity contribution is 0.233. The topological polar surface area (TPSA) is 45.8 Å². The minimum absolute atomic E-state index is 1.02. The highest BCUT2D eigenvalue weighted by Crippen LogP contribution is 2.23. The molecule has 0 unspecified atom stereocenters. The number of benzene rings is 4. The van der Waals surface area contributed by atoms with Crippen LogP contribution in [0.3, 0.4) is 0 Å². The standard InChI is InChI=1S/C17H20N2S.C11H16N2S.C9H13N.C9H11N/c20-17-8-4-5-15(13-17)14-18-9-11-19(12-10-18)16-6-2-1-3-7-16;14-11-3-1-2-10(8-11)9-13-6-4-12-5-7-13;2*1-2-4-9-7-10-6-5-8(9)3-1/h1-8,13,20H,9-12,14H2;1-3,8,12,14H,4-7,9H2;2,4,10H,1,3,5-7H2;1-4,10H,5-7H2. The third-order valence-corrected chi connectivity index (χ3v) is 11.2. The highest BCUT2D eigenvalue weighted by Gasteiger charge is 2.17. The van der Waals surface area contributed by atoms with Crippen molar-refractivity contribution in [2.45, 2.75) is 55.1 Å². The molecular formula is C46H60N6S2. The molecule has 5 aliphatic rings. The van der Waals surface area contributed by atoms with Crippen LogP contribution in [0.5, 0.6) is 0 Å². The Morgan fingerprint density at radius 2 is 1.13 bits per heavy atom. The van der Waals surface area contributed by atoms with Gasteiger partial charge in [0.25, 0.3) is 0 Å². The first kappa shape index (κ1) is 40.3. The zero-order chi connectivity index (χ0) is 37.2. The van der Waals surface area contributed by atoms with E-state index in [1.165, 1.54) is 60.2 Å². The fourth-order valence-corrected chi connectivity index (χ4v) is 8.12. The van der Waals surface area contributed by atoms with Crippen LogP contribution in [-0.2, 0) is 26.1 Å². The van der Waals surface area contributed by atoms with E-state index in [2.05, 4.69) is 159 Å². The number of fused-ring (bicyclic) bond motifs is 1. The van der Waals surface area contributed by atoms with Crippen molar-refractivity contribution in [2.75, 3.05) is 76.9 Å². The largest absolute Gasteiger partial charge is 0.369 e. The molecule has 4 heterocycles. The summed E-state index contributed by atoms with van der Waals surface area (Å²) < 4.78 is 0. The van der Waals surface area contributed by atoms with Crippen molar-refractivity contribution >= 4 is 30.9 Å². The molecule has 0 spiro atoms. The summed E-state index contributed by atoms with van der Waals surface area (Å²) in [4.78, 5) is 9.55. The third-order valence-electron chi connectivity index (χ3n) is 10.6. The van der Waals surface area contributed by atoms with Crippen molar-refractivity contribution < 1.29 is 0 Å². The Kier molecular flexibility index (Phi) is 16.6. The number of rotatable bonds is 5. The maximum absolute atomic E-state index is 4.41. The van der Waals surface area contributed by atoms with Gasteiger partial charge in [0.15, 0.2) is 0 Å². The molecule has 0 aromatic heterocycles. The van der Waals surface area contributed by atoms with Gasteiger partial charge in [0.05, 0.1) is 0 Å². The minimum atomic E-state index is 1.02. The Morgan fingerprint density at radius 1 is 0.519 bits per heavy atom. The van der Waals surface area contributed by atoms with Crippen LogP contribution in [-0.4, -0.2) is 81.8 Å². The lowest BCUT2D eigenvalue weighted by atomic mass is 9.93. The number of nitrogens with one attached hydrogen (secondary N) is 3. The number of thiol groups is 2. The second kappa shape index (κ2) is 22.3. The number of nitrogens with zero attached hydrogens (tertiary/aromatic N) is 3. The normalized spacial score (nSPS) is 18.4. The van der Waals surface area contributed by atoms with E-state index < -0.39 is 0 Å². The molecule has 0 radical (unpaired) electrons. The summed E-state index contributed by atoms with van der Waals surface area (Å²) in [6.07, 6.45) is 9.61. The fraction of sp³-hybridized carbons (Fsp3) is 0.391. The minimum Gasteiger partial charge on any atom is -0.369 e. The van der Waals surface area contributed by atoms with Gasteiger partial charge in [-0.2, -0.15) is 0 Å². The molecule has 4 aromatic carbocycles. The lowest BCUT2D eigenvalue weighted by Gasteiger charge is -2.36. The van der Waals surface area contributed by atoms with E-state index in [-0.39, 0.29) is 0 Å². The highest BCUT2D eigenvalue weighted by atomic mass is 32.1. The Labute approximate surface area is 335 Å². The number of allylic oxidation sites excluding steroid dienone is 1. The van der Waals surface area contributed by atoms with E-state index >= 15 is 0 Å². The van der Waals surface area contributed by atoms with Crippen LogP contribution in [0.15, 0.2) is 136 Å². The quantitative estimate of drug-likeness (QED) is 0.135. The Bertz CT molecular complexity index is 1740. The molecule has 0 atom stereocenters. The Balaban J connectivity index is 0.000000128. The van der Waals surface area contributed by atoms with Crippen LogP contribution in [0.25, 0.3) is 0 Å². The molecule has 1 aliphatic carbocycles. The van der Waals surface area contributed by atoms with Gasteiger partial charge in [0.1, 0.15) is 0 Å². The van der Waals surface area contributed by atoms with Gasteiger partial charge in [0.2, 0.25) is 0 Å². The molecule has 4 aliphatic heterocycles. The highest BCUT2D eigenvalue weighted by molar-refractivity contribution is 7.80.